The van der Waals surface area contributed by atoms with Gasteiger partial charge in [0.25, 0.3) is 0 Å². The van der Waals surface area contributed by atoms with Gasteiger partial charge in [0.2, 0.25) is 5.91 Å². The Labute approximate surface area is 117 Å². The molecule has 4 nitrogen and oxygen atoms in total. The predicted molar refractivity (Wildman–Crippen MR) is 76.8 cm³/mol. The second kappa shape index (κ2) is 5.27. The molecule has 0 fully saturated rings. The number of nitrogens with one attached hydrogen (secondary N) is 1. The van der Waals surface area contributed by atoms with Crippen LogP contribution in [-0.4, -0.2) is 5.91 Å². The van der Waals surface area contributed by atoms with Crippen molar-refractivity contribution in [2.45, 2.75) is 0 Å². The molecule has 0 unspecified atom stereocenters. The van der Waals surface area contributed by atoms with Gasteiger partial charge in [-0.2, -0.15) is 0 Å². The Kier molecular flexibility index (Phi) is 3.71. The van der Waals surface area contributed by atoms with Crippen LogP contribution in [0.25, 0.3) is 0 Å². The standard InChI is InChI=1S/C13H11BrFN3O/c14-8-2-4-11(9(15)6-8)18-12-3-1-7(13(17)19)5-10(12)16/h1-6,18H,16H2,(H2,17,19). The molecule has 2 aromatic carbocycles. The molecule has 0 radical (unpaired) electrons. The van der Waals surface area contributed by atoms with Crippen molar-refractivity contribution in [3.05, 3.63) is 52.3 Å². The molecule has 0 aliphatic carbocycles. The van der Waals surface area contributed by atoms with Crippen LogP contribution in [0.1, 0.15) is 10.4 Å². The van der Waals surface area contributed by atoms with E-state index in [1.807, 2.05) is 0 Å². The van der Waals surface area contributed by atoms with E-state index in [1.54, 1.807) is 18.2 Å². The van der Waals surface area contributed by atoms with Crippen molar-refractivity contribution in [1.29, 1.82) is 0 Å². The van der Waals surface area contributed by atoms with E-state index in [-0.39, 0.29) is 0 Å². The number of rotatable bonds is 3. The quantitative estimate of drug-likeness (QED) is 0.759. The lowest BCUT2D eigenvalue weighted by atomic mass is 10.1. The summed E-state index contributed by atoms with van der Waals surface area (Å²) in [5, 5.41) is 2.86. The van der Waals surface area contributed by atoms with Crippen molar-refractivity contribution in [2.75, 3.05) is 11.1 Å². The number of anilines is 3. The van der Waals surface area contributed by atoms with E-state index < -0.39 is 11.7 Å². The van der Waals surface area contributed by atoms with Gasteiger partial charge >= 0.3 is 0 Å². The number of primary amides is 1. The number of halogens is 2. The van der Waals surface area contributed by atoms with Crippen molar-refractivity contribution < 1.29 is 9.18 Å². The van der Waals surface area contributed by atoms with E-state index in [0.717, 1.165) is 0 Å². The van der Waals surface area contributed by atoms with E-state index in [0.29, 0.717) is 27.1 Å². The zero-order valence-electron chi connectivity index (χ0n) is 9.78. The Morgan fingerprint density at radius 2 is 1.84 bits per heavy atom. The molecular weight excluding hydrogens is 313 g/mol. The van der Waals surface area contributed by atoms with Crippen molar-refractivity contribution in [3.63, 3.8) is 0 Å². The van der Waals surface area contributed by atoms with Gasteiger partial charge in [-0.25, -0.2) is 4.39 Å². The fourth-order valence-electron chi connectivity index (χ4n) is 1.57. The number of carbonyl (C=O) groups is 1. The summed E-state index contributed by atoms with van der Waals surface area (Å²) in [4.78, 5) is 11.0. The fourth-order valence-corrected chi connectivity index (χ4v) is 1.90. The predicted octanol–water partition coefficient (Wildman–Crippen LogP) is 3.01. The molecule has 98 valence electrons. The summed E-state index contributed by atoms with van der Waals surface area (Å²) in [5.41, 5.74) is 12.4. The first-order valence-electron chi connectivity index (χ1n) is 5.39. The van der Waals surface area contributed by atoms with Gasteiger partial charge in [0.05, 0.1) is 17.1 Å². The molecule has 0 aromatic heterocycles. The highest BCUT2D eigenvalue weighted by atomic mass is 79.9. The number of amides is 1. The van der Waals surface area contributed by atoms with Gasteiger partial charge in [-0.3, -0.25) is 4.79 Å². The highest BCUT2D eigenvalue weighted by Gasteiger charge is 2.07. The monoisotopic (exact) mass is 323 g/mol. The molecule has 0 aliphatic heterocycles. The first-order chi connectivity index (χ1) is 8.97. The average molecular weight is 324 g/mol. The lowest BCUT2D eigenvalue weighted by molar-refractivity contribution is 0.100. The number of benzene rings is 2. The second-order valence-corrected chi connectivity index (χ2v) is 4.83. The summed E-state index contributed by atoms with van der Waals surface area (Å²) in [6.45, 7) is 0. The maximum absolute atomic E-state index is 13.7. The maximum Gasteiger partial charge on any atom is 0.248 e. The lowest BCUT2D eigenvalue weighted by Crippen LogP contribution is -2.11. The molecule has 19 heavy (non-hydrogen) atoms. The van der Waals surface area contributed by atoms with Gasteiger partial charge < -0.3 is 16.8 Å². The van der Waals surface area contributed by atoms with Crippen LogP contribution in [0.15, 0.2) is 40.9 Å². The van der Waals surface area contributed by atoms with Crippen molar-refractivity contribution in [2.24, 2.45) is 5.73 Å². The van der Waals surface area contributed by atoms with Crippen LogP contribution in [-0.2, 0) is 0 Å². The zero-order valence-corrected chi connectivity index (χ0v) is 11.4. The number of nitrogens with two attached hydrogens (primary N) is 2. The van der Waals surface area contributed by atoms with Gasteiger partial charge in [0.15, 0.2) is 0 Å². The third-order valence-corrected chi connectivity index (χ3v) is 3.03. The first kappa shape index (κ1) is 13.4. The van der Waals surface area contributed by atoms with Crippen LogP contribution < -0.4 is 16.8 Å². The maximum atomic E-state index is 13.7. The molecular formula is C13H11BrFN3O. The normalized spacial score (nSPS) is 10.2. The molecule has 0 heterocycles. The summed E-state index contributed by atoms with van der Waals surface area (Å²) in [6, 6.07) is 9.19. The molecule has 0 spiro atoms. The highest BCUT2D eigenvalue weighted by Crippen LogP contribution is 2.27. The average Bonchev–Trinajstić information content (AvgIpc) is 2.34. The van der Waals surface area contributed by atoms with Crippen LogP contribution in [0.3, 0.4) is 0 Å². The summed E-state index contributed by atoms with van der Waals surface area (Å²) in [6.07, 6.45) is 0. The van der Waals surface area contributed by atoms with E-state index in [1.165, 1.54) is 18.2 Å². The van der Waals surface area contributed by atoms with Crippen LogP contribution in [0.4, 0.5) is 21.5 Å². The van der Waals surface area contributed by atoms with E-state index in [2.05, 4.69) is 21.2 Å². The summed E-state index contributed by atoms with van der Waals surface area (Å²) in [7, 11) is 0. The van der Waals surface area contributed by atoms with E-state index >= 15 is 0 Å². The summed E-state index contributed by atoms with van der Waals surface area (Å²) < 4.78 is 14.3. The van der Waals surface area contributed by atoms with Crippen molar-refractivity contribution in [3.8, 4) is 0 Å². The summed E-state index contributed by atoms with van der Waals surface area (Å²) in [5.74, 6) is -0.971. The number of hydrogen-bond acceptors (Lipinski definition) is 3. The van der Waals surface area contributed by atoms with Gasteiger partial charge in [-0.15, -0.1) is 0 Å². The molecule has 1 amide bonds. The minimum Gasteiger partial charge on any atom is -0.397 e. The first-order valence-corrected chi connectivity index (χ1v) is 6.18. The molecule has 0 aliphatic rings. The fraction of sp³-hybridized carbons (Fsp3) is 0. The third kappa shape index (κ3) is 3.03. The van der Waals surface area contributed by atoms with E-state index in [9.17, 15) is 9.18 Å². The van der Waals surface area contributed by atoms with E-state index in [4.69, 9.17) is 11.5 Å². The smallest absolute Gasteiger partial charge is 0.248 e. The minimum atomic E-state index is -0.562. The van der Waals surface area contributed by atoms with Gasteiger partial charge in [-0.1, -0.05) is 15.9 Å². The molecule has 0 atom stereocenters. The number of hydrogen-bond donors (Lipinski definition) is 3. The Morgan fingerprint density at radius 1 is 1.16 bits per heavy atom. The summed E-state index contributed by atoms with van der Waals surface area (Å²) >= 11 is 3.18. The molecule has 6 heteroatoms. The van der Waals surface area contributed by atoms with Crippen molar-refractivity contribution >= 4 is 38.9 Å². The number of nitrogen functional groups attached to an aromatic ring is 1. The zero-order chi connectivity index (χ0) is 14.0. The van der Waals surface area contributed by atoms with Crippen LogP contribution in [0.2, 0.25) is 0 Å². The van der Waals surface area contributed by atoms with Crippen molar-refractivity contribution in [1.82, 2.24) is 0 Å². The van der Waals surface area contributed by atoms with Crippen LogP contribution in [0.5, 0.6) is 0 Å². The topological polar surface area (TPSA) is 81.1 Å². The molecule has 5 N–H and O–H groups in total. The van der Waals surface area contributed by atoms with Crippen LogP contribution in [0, 0.1) is 5.82 Å². The SMILES string of the molecule is NC(=O)c1ccc(Nc2ccc(Br)cc2F)c(N)c1. The Balaban J connectivity index is 2.31. The van der Waals surface area contributed by atoms with Gasteiger partial charge in [0, 0.05) is 10.0 Å². The highest BCUT2D eigenvalue weighted by molar-refractivity contribution is 9.10. The third-order valence-electron chi connectivity index (χ3n) is 2.54. The molecule has 0 saturated carbocycles. The Morgan fingerprint density at radius 3 is 2.42 bits per heavy atom. The molecule has 2 aromatic rings. The van der Waals surface area contributed by atoms with Crippen LogP contribution >= 0.6 is 15.9 Å². The van der Waals surface area contributed by atoms with Gasteiger partial charge in [-0.05, 0) is 36.4 Å². The number of carbonyl (C=O) groups excluding carboxylic acids is 1. The second-order valence-electron chi connectivity index (χ2n) is 3.92. The molecule has 0 bridgehead atoms. The minimum absolute atomic E-state index is 0.293. The largest absolute Gasteiger partial charge is 0.397 e. The molecule has 0 saturated heterocycles. The lowest BCUT2D eigenvalue weighted by Gasteiger charge is -2.11. The van der Waals surface area contributed by atoms with Gasteiger partial charge in [0.1, 0.15) is 5.82 Å². The molecule has 2 rings (SSSR count). The Hall–Kier alpha value is -2.08. The Bertz CT molecular complexity index is 646.